The predicted octanol–water partition coefficient (Wildman–Crippen LogP) is 6.23. The van der Waals surface area contributed by atoms with E-state index in [0.29, 0.717) is 33.1 Å². The molecule has 3 aromatic rings. The molecule has 0 fully saturated rings. The molecule has 0 unspecified atom stereocenters. The molecular formula is C18H16Cl3N3OS. The van der Waals surface area contributed by atoms with E-state index < -0.39 is 0 Å². The van der Waals surface area contributed by atoms with Gasteiger partial charge < -0.3 is 9.30 Å². The molecule has 1 heterocycles. The first-order valence-corrected chi connectivity index (χ1v) is 9.99. The van der Waals surface area contributed by atoms with Crippen molar-refractivity contribution in [1.29, 1.82) is 0 Å². The first-order valence-electron chi connectivity index (χ1n) is 7.87. The third-order valence-corrected chi connectivity index (χ3v) is 5.64. The van der Waals surface area contributed by atoms with Crippen molar-refractivity contribution < 1.29 is 4.74 Å². The van der Waals surface area contributed by atoms with Gasteiger partial charge in [0.1, 0.15) is 5.75 Å². The van der Waals surface area contributed by atoms with Gasteiger partial charge >= 0.3 is 0 Å². The lowest BCUT2D eigenvalue weighted by Gasteiger charge is -2.11. The van der Waals surface area contributed by atoms with Gasteiger partial charge in [-0.25, -0.2) is 0 Å². The predicted molar refractivity (Wildman–Crippen MR) is 109 cm³/mol. The molecule has 0 atom stereocenters. The Bertz CT molecular complexity index is 930. The first kappa shape index (κ1) is 19.4. The number of hydrogen-bond acceptors (Lipinski definition) is 4. The van der Waals surface area contributed by atoms with Crippen LogP contribution in [0.5, 0.6) is 5.75 Å². The molecule has 8 heteroatoms. The Morgan fingerprint density at radius 1 is 1.04 bits per heavy atom. The van der Waals surface area contributed by atoms with Crippen LogP contribution in [0, 0.1) is 0 Å². The molecular weight excluding hydrogens is 413 g/mol. The SMILES string of the molecule is CCn1c(SCc2ccc(Cl)cc2Cl)nnc1-c1cc(Cl)ccc1OC. The van der Waals surface area contributed by atoms with Crippen LogP contribution in [0.1, 0.15) is 12.5 Å². The van der Waals surface area contributed by atoms with Gasteiger partial charge in [-0.05, 0) is 42.8 Å². The third-order valence-electron chi connectivity index (χ3n) is 3.81. The molecule has 0 saturated carbocycles. The normalized spacial score (nSPS) is 11.0. The zero-order valence-electron chi connectivity index (χ0n) is 14.2. The van der Waals surface area contributed by atoms with Crippen molar-refractivity contribution in [2.75, 3.05) is 7.11 Å². The van der Waals surface area contributed by atoms with E-state index in [2.05, 4.69) is 10.2 Å². The highest BCUT2D eigenvalue weighted by Crippen LogP contribution is 2.34. The second-order valence-electron chi connectivity index (χ2n) is 5.42. The lowest BCUT2D eigenvalue weighted by molar-refractivity contribution is 0.416. The van der Waals surface area contributed by atoms with Crippen molar-refractivity contribution in [2.24, 2.45) is 0 Å². The van der Waals surface area contributed by atoms with Gasteiger partial charge in [-0.2, -0.15) is 0 Å². The molecule has 2 aromatic carbocycles. The average molecular weight is 429 g/mol. The van der Waals surface area contributed by atoms with E-state index in [4.69, 9.17) is 39.5 Å². The highest BCUT2D eigenvalue weighted by atomic mass is 35.5. The van der Waals surface area contributed by atoms with Crippen LogP contribution in [0.2, 0.25) is 15.1 Å². The summed E-state index contributed by atoms with van der Waals surface area (Å²) in [5.74, 6) is 2.09. The van der Waals surface area contributed by atoms with E-state index in [0.717, 1.165) is 22.1 Å². The van der Waals surface area contributed by atoms with E-state index in [-0.39, 0.29) is 0 Å². The molecule has 0 aliphatic rings. The topological polar surface area (TPSA) is 39.9 Å². The van der Waals surface area contributed by atoms with Crippen LogP contribution in [-0.2, 0) is 12.3 Å². The van der Waals surface area contributed by atoms with Crippen LogP contribution in [0.3, 0.4) is 0 Å². The number of methoxy groups -OCH3 is 1. The summed E-state index contributed by atoms with van der Waals surface area (Å²) in [7, 11) is 1.62. The lowest BCUT2D eigenvalue weighted by atomic mass is 10.2. The molecule has 3 rings (SSSR count). The Hall–Kier alpha value is -1.40. The van der Waals surface area contributed by atoms with Crippen molar-refractivity contribution >= 4 is 46.6 Å². The van der Waals surface area contributed by atoms with Gasteiger partial charge in [-0.1, -0.05) is 52.6 Å². The third kappa shape index (κ3) is 4.12. The molecule has 136 valence electrons. The Kier molecular flexibility index (Phi) is 6.35. The number of halogens is 3. The van der Waals surface area contributed by atoms with Gasteiger partial charge in [0.25, 0.3) is 0 Å². The minimum Gasteiger partial charge on any atom is -0.496 e. The summed E-state index contributed by atoms with van der Waals surface area (Å²) in [6.07, 6.45) is 0. The van der Waals surface area contributed by atoms with Gasteiger partial charge in [0, 0.05) is 27.4 Å². The summed E-state index contributed by atoms with van der Waals surface area (Å²) in [5.41, 5.74) is 1.80. The molecule has 0 radical (unpaired) electrons. The molecule has 0 amide bonds. The fourth-order valence-electron chi connectivity index (χ4n) is 2.52. The van der Waals surface area contributed by atoms with Crippen molar-refractivity contribution in [3.8, 4) is 17.1 Å². The standard InChI is InChI=1S/C18H16Cl3N3OS/c1-3-24-17(14-8-12(19)6-7-16(14)25-2)22-23-18(24)26-10-11-4-5-13(20)9-15(11)21/h4-9H,3,10H2,1-2H3. The van der Waals surface area contributed by atoms with E-state index in [1.54, 1.807) is 31.0 Å². The fraction of sp³-hybridized carbons (Fsp3) is 0.222. The van der Waals surface area contributed by atoms with Crippen LogP contribution in [0.4, 0.5) is 0 Å². The second kappa shape index (κ2) is 8.53. The van der Waals surface area contributed by atoms with Crippen molar-refractivity contribution in [1.82, 2.24) is 14.8 Å². The highest BCUT2D eigenvalue weighted by molar-refractivity contribution is 7.98. The monoisotopic (exact) mass is 427 g/mol. The number of hydrogen-bond donors (Lipinski definition) is 0. The molecule has 0 N–H and O–H groups in total. The summed E-state index contributed by atoms with van der Waals surface area (Å²) in [5, 5.41) is 11.4. The van der Waals surface area contributed by atoms with Crippen molar-refractivity contribution in [2.45, 2.75) is 24.4 Å². The average Bonchev–Trinajstić information content (AvgIpc) is 3.03. The van der Waals surface area contributed by atoms with Gasteiger partial charge in [0.2, 0.25) is 0 Å². The number of ether oxygens (including phenoxy) is 1. The largest absolute Gasteiger partial charge is 0.496 e. The van der Waals surface area contributed by atoms with Crippen LogP contribution >= 0.6 is 46.6 Å². The number of thioether (sulfide) groups is 1. The Morgan fingerprint density at radius 2 is 1.77 bits per heavy atom. The van der Waals surface area contributed by atoms with E-state index in [1.807, 2.05) is 35.8 Å². The maximum Gasteiger partial charge on any atom is 0.191 e. The van der Waals surface area contributed by atoms with Crippen LogP contribution in [-0.4, -0.2) is 21.9 Å². The first-order chi connectivity index (χ1) is 12.5. The fourth-order valence-corrected chi connectivity index (χ4v) is 4.25. The summed E-state index contributed by atoms with van der Waals surface area (Å²) in [6.45, 7) is 2.76. The molecule has 1 aromatic heterocycles. The van der Waals surface area contributed by atoms with E-state index in [9.17, 15) is 0 Å². The lowest BCUT2D eigenvalue weighted by Crippen LogP contribution is -2.01. The molecule has 0 aliphatic carbocycles. The summed E-state index contributed by atoms with van der Waals surface area (Å²) in [4.78, 5) is 0. The quantitative estimate of drug-likeness (QED) is 0.437. The molecule has 0 bridgehead atoms. The smallest absolute Gasteiger partial charge is 0.191 e. The molecule has 0 spiro atoms. The summed E-state index contributed by atoms with van der Waals surface area (Å²) >= 11 is 19.9. The Balaban J connectivity index is 1.90. The van der Waals surface area contributed by atoms with Crippen molar-refractivity contribution in [3.05, 3.63) is 57.0 Å². The molecule has 4 nitrogen and oxygen atoms in total. The second-order valence-corrected chi connectivity index (χ2v) is 7.64. The number of benzene rings is 2. The van der Waals surface area contributed by atoms with Crippen LogP contribution in [0.15, 0.2) is 41.6 Å². The Labute approximate surface area is 171 Å². The minimum absolute atomic E-state index is 0.619. The summed E-state index contributed by atoms with van der Waals surface area (Å²) < 4.78 is 7.47. The Morgan fingerprint density at radius 3 is 2.46 bits per heavy atom. The highest BCUT2D eigenvalue weighted by Gasteiger charge is 2.17. The number of aromatic nitrogens is 3. The van der Waals surface area contributed by atoms with Gasteiger partial charge in [-0.3, -0.25) is 0 Å². The number of rotatable bonds is 6. The van der Waals surface area contributed by atoms with Gasteiger partial charge in [0.05, 0.1) is 12.7 Å². The van der Waals surface area contributed by atoms with E-state index in [1.165, 1.54) is 0 Å². The van der Waals surface area contributed by atoms with Crippen LogP contribution in [0.25, 0.3) is 11.4 Å². The maximum atomic E-state index is 6.26. The zero-order valence-corrected chi connectivity index (χ0v) is 17.3. The van der Waals surface area contributed by atoms with Gasteiger partial charge in [-0.15, -0.1) is 10.2 Å². The van der Waals surface area contributed by atoms with E-state index >= 15 is 0 Å². The zero-order chi connectivity index (χ0) is 18.7. The minimum atomic E-state index is 0.619. The maximum absolute atomic E-state index is 6.26. The molecule has 0 saturated heterocycles. The van der Waals surface area contributed by atoms with Crippen LogP contribution < -0.4 is 4.74 Å². The van der Waals surface area contributed by atoms with Gasteiger partial charge in [0.15, 0.2) is 11.0 Å². The molecule has 0 aliphatic heterocycles. The summed E-state index contributed by atoms with van der Waals surface area (Å²) in [6, 6.07) is 10.9. The van der Waals surface area contributed by atoms with Crippen molar-refractivity contribution in [3.63, 3.8) is 0 Å². The molecule has 26 heavy (non-hydrogen) atoms. The number of nitrogens with zero attached hydrogens (tertiary/aromatic N) is 3.